The van der Waals surface area contributed by atoms with Gasteiger partial charge in [0.05, 0.1) is 11.7 Å². The number of rotatable bonds is 4. The van der Waals surface area contributed by atoms with Gasteiger partial charge in [0.2, 0.25) is 0 Å². The summed E-state index contributed by atoms with van der Waals surface area (Å²) >= 11 is 6.10. The summed E-state index contributed by atoms with van der Waals surface area (Å²) < 4.78 is 2.01. The Kier molecular flexibility index (Phi) is 4.27. The number of hydrogen-bond acceptors (Lipinski definition) is 2. The minimum Gasteiger partial charge on any atom is -0.326 e. The predicted molar refractivity (Wildman–Crippen MR) is 79.6 cm³/mol. The van der Waals surface area contributed by atoms with Crippen LogP contribution in [0.25, 0.3) is 0 Å². The lowest BCUT2D eigenvalue weighted by molar-refractivity contribution is 0.415. The van der Waals surface area contributed by atoms with Gasteiger partial charge in [0, 0.05) is 16.8 Å². The molecule has 102 valence electrons. The van der Waals surface area contributed by atoms with E-state index in [2.05, 4.69) is 31.1 Å². The second-order valence-corrected chi connectivity index (χ2v) is 5.38. The minimum atomic E-state index is 0.0106. The molecule has 0 radical (unpaired) electrons. The number of aromatic nitrogens is 2. The van der Waals surface area contributed by atoms with Gasteiger partial charge in [0.15, 0.2) is 0 Å². The van der Waals surface area contributed by atoms with Gasteiger partial charge in [0.25, 0.3) is 0 Å². The Morgan fingerprint density at radius 1 is 1.32 bits per heavy atom. The summed E-state index contributed by atoms with van der Waals surface area (Å²) in [6, 6.07) is 9.97. The highest BCUT2D eigenvalue weighted by molar-refractivity contribution is 6.30. The van der Waals surface area contributed by atoms with Crippen molar-refractivity contribution in [2.24, 2.45) is 5.73 Å². The van der Waals surface area contributed by atoms with E-state index in [-0.39, 0.29) is 12.1 Å². The zero-order valence-corrected chi connectivity index (χ0v) is 12.4. The van der Waals surface area contributed by atoms with Gasteiger partial charge in [-0.25, -0.2) is 0 Å². The largest absolute Gasteiger partial charge is 0.326 e. The van der Waals surface area contributed by atoms with Crippen LogP contribution in [0.4, 0.5) is 0 Å². The lowest BCUT2D eigenvalue weighted by atomic mass is 9.98. The van der Waals surface area contributed by atoms with Crippen LogP contribution in [0.2, 0.25) is 5.02 Å². The van der Waals surface area contributed by atoms with E-state index < -0.39 is 0 Å². The van der Waals surface area contributed by atoms with Crippen molar-refractivity contribution in [1.82, 2.24) is 9.78 Å². The molecular weight excluding hydrogens is 258 g/mol. The topological polar surface area (TPSA) is 43.8 Å². The predicted octanol–water partition coefficient (Wildman–Crippen LogP) is 3.48. The monoisotopic (exact) mass is 277 g/mol. The minimum absolute atomic E-state index is 0.0106. The average Bonchev–Trinajstić information content (AvgIpc) is 2.69. The molecule has 1 aromatic heterocycles. The molecule has 3 nitrogen and oxygen atoms in total. The highest BCUT2D eigenvalue weighted by atomic mass is 35.5. The van der Waals surface area contributed by atoms with Crippen molar-refractivity contribution in [3.05, 3.63) is 52.3 Å². The Balaban J connectivity index is 2.50. The van der Waals surface area contributed by atoms with Crippen molar-refractivity contribution >= 4 is 11.6 Å². The van der Waals surface area contributed by atoms with Crippen LogP contribution in [0.1, 0.15) is 36.3 Å². The number of aryl methyl sites for hydroxylation is 2. The van der Waals surface area contributed by atoms with Crippen LogP contribution in [-0.2, 0) is 0 Å². The first-order chi connectivity index (χ1) is 9.02. The summed E-state index contributed by atoms with van der Waals surface area (Å²) in [5.74, 6) is 0. The number of halogens is 1. The lowest BCUT2D eigenvalue weighted by Gasteiger charge is -2.25. The number of hydrogen-bond donors (Lipinski definition) is 1. The first kappa shape index (κ1) is 14.1. The van der Waals surface area contributed by atoms with Gasteiger partial charge in [-0.05, 0) is 44.0 Å². The standard InChI is InChI=1S/C15H20ClN3/c1-4-14(17)15(12-6-5-7-13(16)9-12)19-11(3)8-10(2)18-19/h5-9,14-15H,4,17H2,1-3H3. The van der Waals surface area contributed by atoms with Gasteiger partial charge in [-0.3, -0.25) is 4.68 Å². The van der Waals surface area contributed by atoms with Gasteiger partial charge in [-0.15, -0.1) is 0 Å². The van der Waals surface area contributed by atoms with Crippen molar-refractivity contribution in [1.29, 1.82) is 0 Å². The Morgan fingerprint density at radius 3 is 2.58 bits per heavy atom. The van der Waals surface area contributed by atoms with E-state index in [1.807, 2.05) is 29.8 Å². The normalized spacial score (nSPS) is 14.4. The zero-order chi connectivity index (χ0) is 14.0. The molecule has 0 fully saturated rings. The van der Waals surface area contributed by atoms with Crippen LogP contribution in [-0.4, -0.2) is 15.8 Å². The van der Waals surface area contributed by atoms with Gasteiger partial charge in [-0.1, -0.05) is 30.7 Å². The van der Waals surface area contributed by atoms with E-state index in [4.69, 9.17) is 17.3 Å². The molecule has 2 aromatic rings. The molecule has 1 aromatic carbocycles. The Labute approximate surface area is 119 Å². The van der Waals surface area contributed by atoms with Crippen LogP contribution < -0.4 is 5.73 Å². The van der Waals surface area contributed by atoms with Crippen molar-refractivity contribution in [3.8, 4) is 0 Å². The summed E-state index contributed by atoms with van der Waals surface area (Å²) in [5.41, 5.74) is 9.53. The smallest absolute Gasteiger partial charge is 0.0922 e. The summed E-state index contributed by atoms with van der Waals surface area (Å²) in [6.07, 6.45) is 0.884. The molecule has 19 heavy (non-hydrogen) atoms. The molecule has 0 saturated heterocycles. The third-order valence-electron chi connectivity index (χ3n) is 3.38. The molecule has 0 saturated carbocycles. The maximum Gasteiger partial charge on any atom is 0.0922 e. The van der Waals surface area contributed by atoms with E-state index in [0.29, 0.717) is 0 Å². The Morgan fingerprint density at radius 2 is 2.05 bits per heavy atom. The molecule has 4 heteroatoms. The van der Waals surface area contributed by atoms with Crippen LogP contribution in [0.5, 0.6) is 0 Å². The van der Waals surface area contributed by atoms with Gasteiger partial charge >= 0.3 is 0 Å². The average molecular weight is 278 g/mol. The molecule has 0 aliphatic carbocycles. The second-order valence-electron chi connectivity index (χ2n) is 4.94. The maximum atomic E-state index is 6.31. The van der Waals surface area contributed by atoms with Crippen molar-refractivity contribution in [2.75, 3.05) is 0 Å². The highest BCUT2D eigenvalue weighted by Gasteiger charge is 2.23. The summed E-state index contributed by atoms with van der Waals surface area (Å²) in [7, 11) is 0. The van der Waals surface area contributed by atoms with E-state index in [9.17, 15) is 0 Å². The lowest BCUT2D eigenvalue weighted by Crippen LogP contribution is -2.33. The molecule has 0 bridgehead atoms. The molecule has 1 heterocycles. The second kappa shape index (κ2) is 5.76. The molecule has 0 aliphatic heterocycles. The Hall–Kier alpha value is -1.32. The van der Waals surface area contributed by atoms with Crippen LogP contribution in [0.15, 0.2) is 30.3 Å². The number of nitrogens with two attached hydrogens (primary N) is 1. The summed E-state index contributed by atoms with van der Waals surface area (Å²) in [6.45, 7) is 6.14. The highest BCUT2D eigenvalue weighted by Crippen LogP contribution is 2.26. The fraction of sp³-hybridized carbons (Fsp3) is 0.400. The molecule has 0 aliphatic rings. The van der Waals surface area contributed by atoms with E-state index in [1.54, 1.807) is 0 Å². The van der Waals surface area contributed by atoms with Crippen LogP contribution >= 0.6 is 11.6 Å². The fourth-order valence-corrected chi connectivity index (χ4v) is 2.61. The molecule has 0 spiro atoms. The van der Waals surface area contributed by atoms with Crippen molar-refractivity contribution < 1.29 is 0 Å². The zero-order valence-electron chi connectivity index (χ0n) is 11.6. The number of nitrogens with zero attached hydrogens (tertiary/aromatic N) is 2. The maximum absolute atomic E-state index is 6.31. The van der Waals surface area contributed by atoms with Crippen molar-refractivity contribution in [3.63, 3.8) is 0 Å². The van der Waals surface area contributed by atoms with E-state index in [0.717, 1.165) is 28.4 Å². The third kappa shape index (κ3) is 2.99. The van der Waals surface area contributed by atoms with Crippen LogP contribution in [0.3, 0.4) is 0 Å². The van der Waals surface area contributed by atoms with Crippen LogP contribution in [0, 0.1) is 13.8 Å². The number of benzene rings is 1. The van der Waals surface area contributed by atoms with Crippen molar-refractivity contribution in [2.45, 2.75) is 39.3 Å². The van der Waals surface area contributed by atoms with Gasteiger partial charge < -0.3 is 5.73 Å². The first-order valence-corrected chi connectivity index (χ1v) is 6.94. The third-order valence-corrected chi connectivity index (χ3v) is 3.61. The molecule has 0 amide bonds. The molecular formula is C15H20ClN3. The molecule has 2 N–H and O–H groups in total. The van der Waals surface area contributed by atoms with E-state index in [1.165, 1.54) is 0 Å². The summed E-state index contributed by atoms with van der Waals surface area (Å²) in [4.78, 5) is 0. The molecule has 2 atom stereocenters. The van der Waals surface area contributed by atoms with E-state index >= 15 is 0 Å². The summed E-state index contributed by atoms with van der Waals surface area (Å²) in [5, 5.41) is 5.31. The fourth-order valence-electron chi connectivity index (χ4n) is 2.41. The molecule has 2 rings (SSSR count). The SMILES string of the molecule is CCC(N)C(c1cccc(Cl)c1)n1nc(C)cc1C. The first-order valence-electron chi connectivity index (χ1n) is 6.56. The molecule has 2 unspecified atom stereocenters. The Bertz CT molecular complexity index is 562. The van der Waals surface area contributed by atoms with Gasteiger partial charge in [0.1, 0.15) is 0 Å². The quantitative estimate of drug-likeness (QED) is 0.930. The van der Waals surface area contributed by atoms with Gasteiger partial charge in [-0.2, -0.15) is 5.10 Å².